The molecular formula is C27H31N3O6S2. The molecule has 2 N–H and O–H groups in total. The minimum Gasteiger partial charge on any atom is -0.496 e. The normalized spacial score (nSPS) is 14.4. The lowest BCUT2D eigenvalue weighted by molar-refractivity contribution is 0.0758. The second kappa shape index (κ2) is 11.4. The first kappa shape index (κ1) is 27.5. The first-order valence-electron chi connectivity index (χ1n) is 12.3. The molecule has 3 aromatic carbocycles. The Balaban J connectivity index is 1.54. The number of methoxy groups -OCH3 is 1. The van der Waals surface area contributed by atoms with Crippen molar-refractivity contribution in [3.8, 4) is 5.75 Å². The zero-order chi connectivity index (χ0) is 27.3. The molecule has 1 aliphatic rings. The Morgan fingerprint density at radius 1 is 0.789 bits per heavy atom. The van der Waals surface area contributed by atoms with Crippen molar-refractivity contribution in [3.63, 3.8) is 0 Å². The zero-order valence-electron chi connectivity index (χ0n) is 21.3. The van der Waals surface area contributed by atoms with E-state index in [-0.39, 0.29) is 26.9 Å². The topological polar surface area (TPSA) is 122 Å². The molecule has 11 heteroatoms. The van der Waals surface area contributed by atoms with Gasteiger partial charge in [0.2, 0.25) is 0 Å². The van der Waals surface area contributed by atoms with E-state index in [0.29, 0.717) is 24.5 Å². The maximum absolute atomic E-state index is 13.2. The smallest absolute Gasteiger partial charge is 0.261 e. The number of likely N-dealkylation sites (tertiary alicyclic amines) is 1. The zero-order valence-corrected chi connectivity index (χ0v) is 22.9. The number of benzene rings is 3. The van der Waals surface area contributed by atoms with Crippen molar-refractivity contribution in [3.05, 3.63) is 77.9 Å². The van der Waals surface area contributed by atoms with Crippen LogP contribution in [0.5, 0.6) is 5.75 Å². The van der Waals surface area contributed by atoms with Gasteiger partial charge in [-0.2, -0.15) is 0 Å². The number of para-hydroxylation sites is 1. The number of nitrogens with one attached hydrogen (secondary N) is 2. The molecule has 1 aliphatic heterocycles. The summed E-state index contributed by atoms with van der Waals surface area (Å²) in [5, 5.41) is 0. The molecule has 202 valence electrons. The van der Waals surface area contributed by atoms with Crippen LogP contribution in [0.1, 0.15) is 41.6 Å². The number of anilines is 2. The number of aryl methyl sites for hydroxylation is 1. The highest BCUT2D eigenvalue weighted by Crippen LogP contribution is 2.27. The SMILES string of the molecule is COc1ccc(S(=O)(=O)Nc2ccc(S(=O)(=O)Nc3ccccc3C)cc2)cc1C(=O)N1CCCCCC1. The van der Waals surface area contributed by atoms with Crippen molar-refractivity contribution in [2.45, 2.75) is 42.4 Å². The number of rotatable bonds is 8. The number of carbonyl (C=O) groups is 1. The maximum atomic E-state index is 13.2. The number of hydrogen-bond acceptors (Lipinski definition) is 6. The summed E-state index contributed by atoms with van der Waals surface area (Å²) in [4.78, 5) is 14.8. The van der Waals surface area contributed by atoms with E-state index in [4.69, 9.17) is 4.74 Å². The van der Waals surface area contributed by atoms with Crippen molar-refractivity contribution in [1.82, 2.24) is 4.90 Å². The Labute approximate surface area is 223 Å². The molecule has 0 aromatic heterocycles. The van der Waals surface area contributed by atoms with Crippen molar-refractivity contribution in [2.24, 2.45) is 0 Å². The molecule has 0 atom stereocenters. The summed E-state index contributed by atoms with van der Waals surface area (Å²) in [5.74, 6) is 0.0328. The van der Waals surface area contributed by atoms with Crippen LogP contribution in [0.25, 0.3) is 0 Å². The molecule has 0 radical (unpaired) electrons. The largest absolute Gasteiger partial charge is 0.496 e. The van der Waals surface area contributed by atoms with Gasteiger partial charge in [-0.15, -0.1) is 0 Å². The van der Waals surface area contributed by atoms with Gasteiger partial charge in [0.1, 0.15) is 5.75 Å². The van der Waals surface area contributed by atoms with E-state index >= 15 is 0 Å². The van der Waals surface area contributed by atoms with Crippen molar-refractivity contribution in [1.29, 1.82) is 0 Å². The third kappa shape index (κ3) is 6.28. The Morgan fingerprint density at radius 3 is 2.03 bits per heavy atom. The fraction of sp³-hybridized carbons (Fsp3) is 0.296. The van der Waals surface area contributed by atoms with Crippen molar-refractivity contribution >= 4 is 37.3 Å². The lowest BCUT2D eigenvalue weighted by Crippen LogP contribution is -2.32. The molecule has 0 unspecified atom stereocenters. The molecule has 0 aliphatic carbocycles. The van der Waals surface area contributed by atoms with E-state index in [2.05, 4.69) is 9.44 Å². The summed E-state index contributed by atoms with van der Waals surface area (Å²) < 4.78 is 62.2. The van der Waals surface area contributed by atoms with Crippen LogP contribution in [0.4, 0.5) is 11.4 Å². The molecule has 1 amide bonds. The minimum atomic E-state index is -4.08. The summed E-state index contributed by atoms with van der Waals surface area (Å²) in [6, 6.07) is 16.5. The number of amides is 1. The van der Waals surface area contributed by atoms with E-state index in [9.17, 15) is 21.6 Å². The minimum absolute atomic E-state index is 0.0153. The van der Waals surface area contributed by atoms with Crippen LogP contribution in [0.15, 0.2) is 76.5 Å². The van der Waals surface area contributed by atoms with Crippen LogP contribution in [-0.2, 0) is 20.0 Å². The van der Waals surface area contributed by atoms with Crippen molar-refractivity contribution < 1.29 is 26.4 Å². The predicted molar refractivity (Wildman–Crippen MR) is 147 cm³/mol. The fourth-order valence-corrected chi connectivity index (χ4v) is 6.49. The third-order valence-electron chi connectivity index (χ3n) is 6.41. The Kier molecular flexibility index (Phi) is 8.27. The molecule has 1 fully saturated rings. The molecule has 1 heterocycles. The maximum Gasteiger partial charge on any atom is 0.261 e. The number of hydrogen-bond donors (Lipinski definition) is 2. The van der Waals surface area contributed by atoms with Crippen molar-refractivity contribution in [2.75, 3.05) is 29.6 Å². The van der Waals surface area contributed by atoms with Gasteiger partial charge in [-0.1, -0.05) is 31.0 Å². The van der Waals surface area contributed by atoms with Crippen LogP contribution >= 0.6 is 0 Å². The highest BCUT2D eigenvalue weighted by molar-refractivity contribution is 7.93. The van der Waals surface area contributed by atoms with Gasteiger partial charge >= 0.3 is 0 Å². The average molecular weight is 558 g/mol. The van der Waals surface area contributed by atoms with Gasteiger partial charge in [0.15, 0.2) is 0 Å². The fourth-order valence-electron chi connectivity index (χ4n) is 4.27. The monoisotopic (exact) mass is 557 g/mol. The predicted octanol–water partition coefficient (Wildman–Crippen LogP) is 4.62. The van der Waals surface area contributed by atoms with Crippen LogP contribution in [0.2, 0.25) is 0 Å². The quantitative estimate of drug-likeness (QED) is 0.417. The second-order valence-corrected chi connectivity index (χ2v) is 12.5. The first-order chi connectivity index (χ1) is 18.1. The third-order valence-corrected chi connectivity index (χ3v) is 9.17. The highest BCUT2D eigenvalue weighted by Gasteiger charge is 2.24. The average Bonchev–Trinajstić information content (AvgIpc) is 3.19. The lowest BCUT2D eigenvalue weighted by atomic mass is 10.1. The van der Waals surface area contributed by atoms with E-state index in [1.54, 1.807) is 30.0 Å². The first-order valence-corrected chi connectivity index (χ1v) is 15.3. The molecule has 4 rings (SSSR count). The Bertz CT molecular complexity index is 1510. The van der Waals surface area contributed by atoms with Gasteiger partial charge in [0.05, 0.1) is 28.2 Å². The van der Waals surface area contributed by atoms with Crippen LogP contribution in [0.3, 0.4) is 0 Å². The van der Waals surface area contributed by atoms with Gasteiger partial charge in [-0.3, -0.25) is 14.2 Å². The number of ether oxygens (including phenoxy) is 1. The highest BCUT2D eigenvalue weighted by atomic mass is 32.2. The standard InChI is InChI=1S/C27H31N3O6S2/c1-20-9-5-6-10-25(20)29-37(32,33)22-13-11-21(12-14-22)28-38(34,35)23-15-16-26(36-2)24(19-23)27(31)30-17-7-3-4-8-18-30/h5-6,9-16,19,28-29H,3-4,7-8,17-18H2,1-2H3. The number of nitrogens with zero attached hydrogens (tertiary/aromatic N) is 1. The molecule has 38 heavy (non-hydrogen) atoms. The lowest BCUT2D eigenvalue weighted by Gasteiger charge is -2.22. The second-order valence-electron chi connectivity index (χ2n) is 9.12. The summed E-state index contributed by atoms with van der Waals surface area (Å²) in [6.45, 7) is 3.03. The summed E-state index contributed by atoms with van der Waals surface area (Å²) >= 11 is 0. The molecule has 0 saturated carbocycles. The number of sulfonamides is 2. The van der Waals surface area contributed by atoms with Gasteiger partial charge in [-0.25, -0.2) is 16.8 Å². The summed E-state index contributed by atoms with van der Waals surface area (Å²) in [7, 11) is -6.51. The molecule has 0 spiro atoms. The molecule has 3 aromatic rings. The molecule has 9 nitrogen and oxygen atoms in total. The molecule has 0 bridgehead atoms. The van der Waals surface area contributed by atoms with E-state index in [1.807, 2.05) is 6.07 Å². The van der Waals surface area contributed by atoms with Gasteiger partial charge in [0, 0.05) is 18.8 Å². The van der Waals surface area contributed by atoms with Crippen LogP contribution < -0.4 is 14.2 Å². The molecular weight excluding hydrogens is 526 g/mol. The van der Waals surface area contributed by atoms with Crippen LogP contribution in [0, 0.1) is 6.92 Å². The Morgan fingerprint density at radius 2 is 1.39 bits per heavy atom. The van der Waals surface area contributed by atoms with E-state index in [1.165, 1.54) is 49.6 Å². The summed E-state index contributed by atoms with van der Waals surface area (Å²) in [6.07, 6.45) is 3.92. The van der Waals surface area contributed by atoms with E-state index in [0.717, 1.165) is 31.2 Å². The van der Waals surface area contributed by atoms with Gasteiger partial charge in [-0.05, 0) is 73.9 Å². The van der Waals surface area contributed by atoms with Gasteiger partial charge in [0.25, 0.3) is 26.0 Å². The Hall–Kier alpha value is -3.57. The summed E-state index contributed by atoms with van der Waals surface area (Å²) in [5.41, 5.74) is 1.59. The number of carbonyl (C=O) groups excluding carboxylic acids is 1. The molecule has 1 saturated heterocycles. The van der Waals surface area contributed by atoms with Gasteiger partial charge < -0.3 is 9.64 Å². The van der Waals surface area contributed by atoms with Crippen LogP contribution in [-0.4, -0.2) is 47.8 Å². The van der Waals surface area contributed by atoms with E-state index < -0.39 is 20.0 Å².